The van der Waals surface area contributed by atoms with Crippen LogP contribution in [0.5, 0.6) is 0 Å². The molecule has 3 rings (SSSR count). The summed E-state index contributed by atoms with van der Waals surface area (Å²) in [6.07, 6.45) is 7.56. The van der Waals surface area contributed by atoms with E-state index in [1.54, 1.807) is 6.33 Å². The van der Waals surface area contributed by atoms with E-state index in [2.05, 4.69) is 39.6 Å². The number of hydrogen-bond donors (Lipinski definition) is 1. The van der Waals surface area contributed by atoms with Gasteiger partial charge in [0.2, 0.25) is 0 Å². The maximum Gasteiger partial charge on any atom is 0.116 e. The van der Waals surface area contributed by atoms with Gasteiger partial charge in [-0.3, -0.25) is 4.67 Å². The molecule has 1 N–H and O–H groups in total. The monoisotopic (exact) mass is 282 g/mol. The molecule has 2 aromatic rings. The number of aliphatic hydroxyl groups excluding tert-OH is 1. The van der Waals surface area contributed by atoms with Gasteiger partial charge in [0, 0.05) is 23.8 Å². The number of hydrogen-bond acceptors (Lipinski definition) is 4. The van der Waals surface area contributed by atoms with Crippen LogP contribution in [0.1, 0.15) is 24.4 Å². The first-order chi connectivity index (χ1) is 8.72. The van der Waals surface area contributed by atoms with Gasteiger partial charge >= 0.3 is 0 Å². The fraction of sp³-hybridized carbons (Fsp3) is 0.455. The van der Waals surface area contributed by atoms with Crippen molar-refractivity contribution < 1.29 is 5.11 Å². The second-order valence-electron chi connectivity index (χ2n) is 4.63. The van der Waals surface area contributed by atoms with Crippen molar-refractivity contribution in [3.05, 3.63) is 24.3 Å². The first-order valence-corrected chi connectivity index (χ1v) is 6.95. The maximum atomic E-state index is 9.33. The van der Waals surface area contributed by atoms with Gasteiger partial charge in [-0.1, -0.05) is 9.39 Å². The highest BCUT2D eigenvalue weighted by Crippen LogP contribution is 2.41. The molecule has 0 aromatic carbocycles. The van der Waals surface area contributed by atoms with E-state index in [-0.39, 0.29) is 12.6 Å². The first kappa shape index (κ1) is 12.4. The molecule has 0 spiro atoms. The molecule has 1 saturated heterocycles. The number of nitrogens with zero attached hydrogens (tertiary/aromatic N) is 4. The minimum absolute atomic E-state index is 0.203. The molecule has 0 bridgehead atoms. The second-order valence-corrected chi connectivity index (χ2v) is 5.78. The standard InChI is InChI=1S/C11H16N4OP2/c16-5-7-1-2-9(15(7)18)8-4-14(17)10-3-12-6-13-11(8)10/h3-4,6-7,9,16H,1-2,5,17-18H2. The van der Waals surface area contributed by atoms with E-state index in [0.29, 0.717) is 6.04 Å². The molecule has 96 valence electrons. The highest BCUT2D eigenvalue weighted by Gasteiger charge is 2.33. The number of aromatic nitrogens is 3. The van der Waals surface area contributed by atoms with E-state index in [4.69, 9.17) is 0 Å². The van der Waals surface area contributed by atoms with Crippen molar-refractivity contribution in [1.29, 1.82) is 0 Å². The van der Waals surface area contributed by atoms with Crippen LogP contribution in [-0.2, 0) is 0 Å². The van der Waals surface area contributed by atoms with Gasteiger partial charge in [0.1, 0.15) is 6.33 Å². The Bertz CT molecular complexity index is 573. The van der Waals surface area contributed by atoms with Gasteiger partial charge in [0.25, 0.3) is 0 Å². The van der Waals surface area contributed by atoms with Gasteiger partial charge in [-0.25, -0.2) is 9.97 Å². The van der Waals surface area contributed by atoms with E-state index in [0.717, 1.165) is 23.9 Å². The van der Waals surface area contributed by atoms with E-state index >= 15 is 0 Å². The molecule has 4 atom stereocenters. The molecule has 0 radical (unpaired) electrons. The van der Waals surface area contributed by atoms with Crippen molar-refractivity contribution in [3.63, 3.8) is 0 Å². The van der Waals surface area contributed by atoms with Crippen molar-refractivity contribution in [1.82, 2.24) is 19.0 Å². The molecule has 1 aliphatic heterocycles. The molecule has 1 aliphatic rings. The van der Waals surface area contributed by atoms with Crippen molar-refractivity contribution >= 4 is 29.8 Å². The Morgan fingerprint density at radius 1 is 1.39 bits per heavy atom. The van der Waals surface area contributed by atoms with Crippen LogP contribution in [0, 0.1) is 0 Å². The Hall–Kier alpha value is -0.600. The Morgan fingerprint density at radius 3 is 2.94 bits per heavy atom. The Kier molecular flexibility index (Phi) is 3.33. The zero-order valence-electron chi connectivity index (χ0n) is 9.90. The van der Waals surface area contributed by atoms with Crippen molar-refractivity contribution in [2.45, 2.75) is 24.9 Å². The molecule has 7 heteroatoms. The molecule has 0 amide bonds. The maximum absolute atomic E-state index is 9.33. The fourth-order valence-corrected chi connectivity index (χ4v) is 3.57. The van der Waals surface area contributed by atoms with Crippen LogP contribution in [0.15, 0.2) is 18.7 Å². The Morgan fingerprint density at radius 2 is 2.22 bits per heavy atom. The van der Waals surface area contributed by atoms with Gasteiger partial charge in [0.05, 0.1) is 23.8 Å². The molecule has 2 aromatic heterocycles. The lowest BCUT2D eigenvalue weighted by Crippen LogP contribution is -2.25. The largest absolute Gasteiger partial charge is 0.395 e. The fourth-order valence-electron chi connectivity index (χ4n) is 2.66. The Labute approximate surface area is 110 Å². The lowest BCUT2D eigenvalue weighted by atomic mass is 10.1. The van der Waals surface area contributed by atoms with Crippen LogP contribution in [-0.4, -0.2) is 36.7 Å². The highest BCUT2D eigenvalue weighted by molar-refractivity contribution is 7.15. The van der Waals surface area contributed by atoms with Gasteiger partial charge in [-0.15, -0.1) is 0 Å². The minimum Gasteiger partial charge on any atom is -0.395 e. The third kappa shape index (κ3) is 1.86. The zero-order chi connectivity index (χ0) is 12.7. The lowest BCUT2D eigenvalue weighted by Gasteiger charge is -2.23. The molecular weight excluding hydrogens is 266 g/mol. The number of fused-ring (bicyclic) bond motifs is 1. The smallest absolute Gasteiger partial charge is 0.116 e. The van der Waals surface area contributed by atoms with Gasteiger partial charge in [0.15, 0.2) is 0 Å². The third-order valence-corrected chi connectivity index (χ3v) is 4.86. The number of aliphatic hydroxyl groups is 1. The summed E-state index contributed by atoms with van der Waals surface area (Å²) in [6.45, 7) is 0.203. The first-order valence-electron chi connectivity index (χ1n) is 5.92. The quantitative estimate of drug-likeness (QED) is 0.845. The summed E-state index contributed by atoms with van der Waals surface area (Å²) in [5, 5.41) is 9.33. The van der Waals surface area contributed by atoms with Crippen LogP contribution in [0.2, 0.25) is 0 Å². The molecule has 0 saturated carbocycles. The van der Waals surface area contributed by atoms with Gasteiger partial charge < -0.3 is 9.44 Å². The predicted octanol–water partition coefficient (Wildman–Crippen LogP) is 1.36. The summed E-state index contributed by atoms with van der Waals surface area (Å²) in [5.74, 6) is 0. The minimum atomic E-state index is 0.203. The van der Waals surface area contributed by atoms with Crippen LogP contribution < -0.4 is 0 Å². The summed E-state index contributed by atoms with van der Waals surface area (Å²) >= 11 is 0. The third-order valence-electron chi connectivity index (χ3n) is 3.65. The molecule has 5 nitrogen and oxygen atoms in total. The summed E-state index contributed by atoms with van der Waals surface area (Å²) < 4.78 is 4.15. The molecule has 3 heterocycles. The lowest BCUT2D eigenvalue weighted by molar-refractivity contribution is 0.207. The normalized spacial score (nSPS) is 25.1. The van der Waals surface area contributed by atoms with Crippen LogP contribution in [0.4, 0.5) is 0 Å². The zero-order valence-corrected chi connectivity index (χ0v) is 12.2. The average Bonchev–Trinajstić information content (AvgIpc) is 2.91. The molecule has 18 heavy (non-hydrogen) atoms. The molecule has 4 unspecified atom stereocenters. The van der Waals surface area contributed by atoms with Crippen LogP contribution in [0.25, 0.3) is 11.0 Å². The number of rotatable bonds is 2. The second kappa shape index (κ2) is 4.82. The molecule has 0 aliphatic carbocycles. The average molecular weight is 282 g/mol. The molecule has 1 fully saturated rings. The SMILES string of the molecule is OCC1CCC(c2cn(P)c3cncnc23)N1P. The van der Waals surface area contributed by atoms with E-state index in [9.17, 15) is 5.11 Å². The Balaban J connectivity index is 2.05. The summed E-state index contributed by atoms with van der Waals surface area (Å²) in [4.78, 5) is 8.45. The van der Waals surface area contributed by atoms with Crippen LogP contribution >= 0.6 is 18.8 Å². The van der Waals surface area contributed by atoms with Gasteiger partial charge in [-0.2, -0.15) is 0 Å². The van der Waals surface area contributed by atoms with Gasteiger partial charge in [-0.05, 0) is 22.2 Å². The predicted molar refractivity (Wildman–Crippen MR) is 77.0 cm³/mol. The van der Waals surface area contributed by atoms with E-state index < -0.39 is 0 Å². The molecular formula is C11H16N4OP2. The van der Waals surface area contributed by atoms with Crippen molar-refractivity contribution in [3.8, 4) is 0 Å². The summed E-state index contributed by atoms with van der Waals surface area (Å²) in [5.41, 5.74) is 3.22. The van der Waals surface area contributed by atoms with E-state index in [1.165, 1.54) is 5.56 Å². The highest BCUT2D eigenvalue weighted by atomic mass is 31.0. The van der Waals surface area contributed by atoms with Crippen molar-refractivity contribution in [2.75, 3.05) is 6.61 Å². The summed E-state index contributed by atoms with van der Waals surface area (Å²) in [7, 11) is 5.41. The topological polar surface area (TPSA) is 54.2 Å². The van der Waals surface area contributed by atoms with Crippen LogP contribution in [0.3, 0.4) is 0 Å². The summed E-state index contributed by atoms with van der Waals surface area (Å²) in [6, 6.07) is 0.524. The van der Waals surface area contributed by atoms with E-state index in [1.807, 2.05) is 10.5 Å². The van der Waals surface area contributed by atoms with Crippen molar-refractivity contribution in [2.24, 2.45) is 0 Å².